The quantitative estimate of drug-likeness (QED) is 0.361. The minimum atomic E-state index is 0. The van der Waals surface area contributed by atoms with Crippen molar-refractivity contribution in [1.82, 2.24) is 20.1 Å². The zero-order valence-corrected chi connectivity index (χ0v) is 18.3. The van der Waals surface area contributed by atoms with Crippen molar-refractivity contribution in [3.63, 3.8) is 0 Å². The second kappa shape index (κ2) is 11.4. The normalized spacial score (nSPS) is 11.8. The number of hydrogen-bond acceptors (Lipinski definition) is 2. The molecule has 134 valence electrons. The minimum Gasteiger partial charge on any atom is -0.357 e. The number of hydrogen-bond donors (Lipinski definition) is 2. The van der Waals surface area contributed by atoms with E-state index >= 15 is 0 Å². The van der Waals surface area contributed by atoms with E-state index in [1.54, 1.807) is 0 Å². The molecular weight excluding hydrogens is 448 g/mol. The van der Waals surface area contributed by atoms with Crippen molar-refractivity contribution in [1.29, 1.82) is 0 Å². The summed E-state index contributed by atoms with van der Waals surface area (Å²) in [5.74, 6) is 0.799. The lowest BCUT2D eigenvalue weighted by Gasteiger charge is -2.21. The van der Waals surface area contributed by atoms with Crippen LogP contribution in [-0.4, -0.2) is 48.2 Å². The lowest BCUT2D eigenvalue weighted by Crippen LogP contribution is -2.42. The van der Waals surface area contributed by atoms with Crippen LogP contribution < -0.4 is 10.6 Å². The molecule has 0 saturated carbocycles. The fourth-order valence-electron chi connectivity index (χ4n) is 1.85. The molecule has 0 amide bonds. The summed E-state index contributed by atoms with van der Waals surface area (Å²) in [4.78, 5) is 6.86. The monoisotopic (exact) mass is 475 g/mol. The van der Waals surface area contributed by atoms with E-state index in [4.69, 9.17) is 23.2 Å². The molecule has 0 aliphatic rings. The van der Waals surface area contributed by atoms with Crippen LogP contribution in [0.15, 0.2) is 11.1 Å². The first-order chi connectivity index (χ1) is 10.4. The molecule has 8 heteroatoms. The minimum absolute atomic E-state index is 0. The van der Waals surface area contributed by atoms with Gasteiger partial charge in [0.05, 0.1) is 11.6 Å². The van der Waals surface area contributed by atoms with Crippen molar-refractivity contribution in [2.24, 2.45) is 12.0 Å². The maximum absolute atomic E-state index is 6.07. The van der Waals surface area contributed by atoms with Crippen LogP contribution in [0.4, 0.5) is 0 Å². The molecule has 23 heavy (non-hydrogen) atoms. The van der Waals surface area contributed by atoms with Gasteiger partial charge in [-0.05, 0) is 33.9 Å². The first-order valence-electron chi connectivity index (χ1n) is 7.58. The van der Waals surface area contributed by atoms with Crippen LogP contribution in [0.5, 0.6) is 0 Å². The van der Waals surface area contributed by atoms with E-state index in [-0.39, 0.29) is 24.0 Å². The molecule has 0 spiro atoms. The zero-order valence-electron chi connectivity index (χ0n) is 14.5. The molecule has 0 aromatic carbocycles. The standard InChI is InChI=1S/C15H27Cl2N5.HI/c1-6-18-15(19-7-8-21(4)11(2)3)20-10-12-9-13(16)14(17)22(12)5;/h9,11H,6-8,10H2,1-5H3,(H2,18,19,20);1H. The number of aromatic nitrogens is 1. The van der Waals surface area contributed by atoms with Crippen LogP contribution in [0.25, 0.3) is 0 Å². The Morgan fingerprint density at radius 3 is 2.48 bits per heavy atom. The average molecular weight is 476 g/mol. The SMILES string of the molecule is CCNC(=NCc1cc(Cl)c(Cl)n1C)NCCN(C)C(C)C.I. The van der Waals surface area contributed by atoms with E-state index in [2.05, 4.69) is 41.4 Å². The molecule has 5 nitrogen and oxygen atoms in total. The summed E-state index contributed by atoms with van der Waals surface area (Å²) in [6, 6.07) is 2.39. The van der Waals surface area contributed by atoms with Gasteiger partial charge in [0, 0.05) is 38.4 Å². The fraction of sp³-hybridized carbons (Fsp3) is 0.667. The van der Waals surface area contributed by atoms with Gasteiger partial charge in [-0.15, -0.1) is 24.0 Å². The van der Waals surface area contributed by atoms with Gasteiger partial charge >= 0.3 is 0 Å². The zero-order chi connectivity index (χ0) is 16.7. The largest absolute Gasteiger partial charge is 0.357 e. The van der Waals surface area contributed by atoms with Gasteiger partial charge < -0.3 is 20.1 Å². The Morgan fingerprint density at radius 2 is 2.00 bits per heavy atom. The van der Waals surface area contributed by atoms with Crippen LogP contribution >= 0.6 is 47.2 Å². The van der Waals surface area contributed by atoms with E-state index in [1.165, 1.54) is 0 Å². The maximum Gasteiger partial charge on any atom is 0.191 e. The number of halogens is 3. The third-order valence-electron chi connectivity index (χ3n) is 3.60. The number of rotatable bonds is 7. The average Bonchev–Trinajstić information content (AvgIpc) is 2.71. The van der Waals surface area contributed by atoms with E-state index in [0.29, 0.717) is 22.8 Å². The Bertz CT molecular complexity index is 502. The third kappa shape index (κ3) is 7.49. The molecule has 0 atom stereocenters. The van der Waals surface area contributed by atoms with Gasteiger partial charge in [0.2, 0.25) is 0 Å². The summed E-state index contributed by atoms with van der Waals surface area (Å²) in [6.45, 7) is 9.57. The molecule has 1 aromatic rings. The molecular formula is C15H28Cl2IN5. The van der Waals surface area contributed by atoms with Gasteiger partial charge in [-0.2, -0.15) is 0 Å². The predicted molar refractivity (Wildman–Crippen MR) is 111 cm³/mol. The summed E-state index contributed by atoms with van der Waals surface area (Å²) in [7, 11) is 4.00. The highest BCUT2D eigenvalue weighted by Gasteiger charge is 2.09. The molecule has 1 rings (SSSR count). The Labute approximate surface area is 166 Å². The van der Waals surface area contributed by atoms with Crippen molar-refractivity contribution in [2.75, 3.05) is 26.7 Å². The Balaban J connectivity index is 0.00000484. The highest BCUT2D eigenvalue weighted by Crippen LogP contribution is 2.25. The first-order valence-corrected chi connectivity index (χ1v) is 8.34. The van der Waals surface area contributed by atoms with Gasteiger partial charge in [-0.3, -0.25) is 0 Å². The number of nitrogens with one attached hydrogen (secondary N) is 2. The van der Waals surface area contributed by atoms with E-state index in [1.807, 2.05) is 24.6 Å². The lowest BCUT2D eigenvalue weighted by molar-refractivity contribution is 0.278. The van der Waals surface area contributed by atoms with Crippen LogP contribution in [0.3, 0.4) is 0 Å². The van der Waals surface area contributed by atoms with Crippen LogP contribution in [-0.2, 0) is 13.6 Å². The Hall–Kier alpha value is -0.180. The van der Waals surface area contributed by atoms with Crippen LogP contribution in [0.2, 0.25) is 10.2 Å². The molecule has 0 fully saturated rings. The highest BCUT2D eigenvalue weighted by atomic mass is 127. The molecule has 0 aliphatic carbocycles. The van der Waals surface area contributed by atoms with Crippen LogP contribution in [0, 0.1) is 0 Å². The second-order valence-corrected chi connectivity index (χ2v) is 6.29. The molecule has 1 aromatic heterocycles. The number of guanidine groups is 1. The Morgan fingerprint density at radius 1 is 1.35 bits per heavy atom. The molecule has 1 heterocycles. The summed E-state index contributed by atoms with van der Waals surface area (Å²) < 4.78 is 1.85. The molecule has 2 N–H and O–H groups in total. The number of likely N-dealkylation sites (N-methyl/N-ethyl adjacent to an activating group) is 1. The molecule has 0 radical (unpaired) electrons. The third-order valence-corrected chi connectivity index (χ3v) is 4.44. The Kier molecular flexibility index (Phi) is 11.3. The smallest absolute Gasteiger partial charge is 0.191 e. The predicted octanol–water partition coefficient (Wildman–Crippen LogP) is 3.35. The van der Waals surface area contributed by atoms with Gasteiger partial charge in [-0.25, -0.2) is 4.99 Å². The molecule has 0 aliphatic heterocycles. The topological polar surface area (TPSA) is 44.6 Å². The summed E-state index contributed by atoms with van der Waals surface area (Å²) in [5, 5.41) is 7.69. The van der Waals surface area contributed by atoms with Crippen molar-refractivity contribution in [2.45, 2.75) is 33.4 Å². The maximum atomic E-state index is 6.07. The second-order valence-electron chi connectivity index (χ2n) is 5.53. The van der Waals surface area contributed by atoms with Gasteiger partial charge in [0.15, 0.2) is 5.96 Å². The molecule has 0 saturated heterocycles. The van der Waals surface area contributed by atoms with Gasteiger partial charge in [0.1, 0.15) is 5.15 Å². The summed E-state index contributed by atoms with van der Waals surface area (Å²) in [6.07, 6.45) is 0. The first kappa shape index (κ1) is 22.8. The lowest BCUT2D eigenvalue weighted by atomic mass is 10.3. The highest BCUT2D eigenvalue weighted by molar-refractivity contribution is 14.0. The van der Waals surface area contributed by atoms with Crippen molar-refractivity contribution in [3.8, 4) is 0 Å². The van der Waals surface area contributed by atoms with E-state index in [9.17, 15) is 0 Å². The molecule has 0 bridgehead atoms. The van der Waals surface area contributed by atoms with Crippen molar-refractivity contribution < 1.29 is 0 Å². The van der Waals surface area contributed by atoms with Crippen LogP contribution in [0.1, 0.15) is 26.5 Å². The van der Waals surface area contributed by atoms with Gasteiger partial charge in [-0.1, -0.05) is 23.2 Å². The van der Waals surface area contributed by atoms with E-state index < -0.39 is 0 Å². The molecule has 0 unspecified atom stereocenters. The summed E-state index contributed by atoms with van der Waals surface area (Å²) in [5.41, 5.74) is 0.978. The van der Waals surface area contributed by atoms with E-state index in [0.717, 1.165) is 31.3 Å². The van der Waals surface area contributed by atoms with Crippen molar-refractivity contribution in [3.05, 3.63) is 21.9 Å². The van der Waals surface area contributed by atoms with Gasteiger partial charge in [0.25, 0.3) is 0 Å². The number of nitrogens with zero attached hydrogens (tertiary/aromatic N) is 3. The van der Waals surface area contributed by atoms with Crippen molar-refractivity contribution >= 4 is 53.1 Å². The summed E-state index contributed by atoms with van der Waals surface area (Å²) >= 11 is 12.1. The fourth-order valence-corrected chi connectivity index (χ4v) is 2.27. The number of aliphatic imine (C=N–C) groups is 1.